The lowest BCUT2D eigenvalue weighted by molar-refractivity contribution is -0.123. The lowest BCUT2D eigenvalue weighted by Gasteiger charge is -2.30. The van der Waals surface area contributed by atoms with Crippen LogP contribution in [-0.4, -0.2) is 47.7 Å². The van der Waals surface area contributed by atoms with E-state index in [0.717, 1.165) is 4.47 Å². The molecule has 0 saturated heterocycles. The number of aliphatic hydroxyl groups is 1. The van der Waals surface area contributed by atoms with Crippen molar-refractivity contribution >= 4 is 39.5 Å². The van der Waals surface area contributed by atoms with Gasteiger partial charge < -0.3 is 20.1 Å². The Labute approximate surface area is 190 Å². The van der Waals surface area contributed by atoms with E-state index in [1.54, 1.807) is 57.2 Å². The molecular formula is C22H26BrClN2O4. The number of nitrogens with zero attached hydrogens (tertiary/aromatic N) is 1. The zero-order chi connectivity index (χ0) is 22.5. The maximum Gasteiger partial charge on any atom is 0.410 e. The quantitative estimate of drug-likeness (QED) is 0.623. The number of ether oxygens (including phenoxy) is 1. The first kappa shape index (κ1) is 24.2. The SMILES string of the molecule is CN(CC(=O)NCC(O)(c1ccc(Cl)cc1)c1ccc(Br)cc1)C(=O)OC(C)(C)C. The highest BCUT2D eigenvalue weighted by Gasteiger charge is 2.32. The van der Waals surface area contributed by atoms with Gasteiger partial charge in [-0.05, 0) is 56.2 Å². The van der Waals surface area contributed by atoms with Crippen LogP contribution in [0.15, 0.2) is 53.0 Å². The second-order valence-electron chi connectivity index (χ2n) is 7.99. The zero-order valence-electron chi connectivity index (χ0n) is 17.4. The standard InChI is InChI=1S/C22H26BrClN2O4/c1-21(2,3)30-20(28)26(4)13-19(27)25-14-22(29,15-5-9-17(23)10-6-15)16-7-11-18(24)12-8-16/h5-12,29H,13-14H2,1-4H3,(H,25,27). The molecule has 2 rings (SSSR count). The summed E-state index contributed by atoms with van der Waals surface area (Å²) in [5, 5.41) is 14.8. The van der Waals surface area contributed by atoms with E-state index in [2.05, 4.69) is 21.2 Å². The maximum absolute atomic E-state index is 12.4. The maximum atomic E-state index is 12.4. The van der Waals surface area contributed by atoms with Crippen LogP contribution in [0.3, 0.4) is 0 Å². The Morgan fingerprint density at radius 2 is 1.57 bits per heavy atom. The number of rotatable bonds is 6. The van der Waals surface area contributed by atoms with Gasteiger partial charge in [0.1, 0.15) is 17.7 Å². The third-order valence-corrected chi connectivity index (χ3v) is 5.05. The number of likely N-dealkylation sites (N-methyl/N-ethyl adjacent to an activating group) is 1. The van der Waals surface area contributed by atoms with Gasteiger partial charge >= 0.3 is 6.09 Å². The van der Waals surface area contributed by atoms with E-state index < -0.39 is 23.2 Å². The summed E-state index contributed by atoms with van der Waals surface area (Å²) in [5.41, 5.74) is -0.951. The van der Waals surface area contributed by atoms with Crippen molar-refractivity contribution in [3.63, 3.8) is 0 Å². The molecule has 6 nitrogen and oxygen atoms in total. The predicted octanol–water partition coefficient (Wildman–Crippen LogP) is 4.32. The summed E-state index contributed by atoms with van der Waals surface area (Å²) in [6.45, 7) is 4.97. The Balaban J connectivity index is 2.15. The van der Waals surface area contributed by atoms with Crippen molar-refractivity contribution in [3.8, 4) is 0 Å². The normalized spacial score (nSPS) is 13.3. The highest BCUT2D eigenvalue weighted by Crippen LogP contribution is 2.31. The van der Waals surface area contributed by atoms with Gasteiger partial charge in [-0.15, -0.1) is 0 Å². The number of hydrogen-bond donors (Lipinski definition) is 2. The highest BCUT2D eigenvalue weighted by atomic mass is 79.9. The molecule has 0 spiro atoms. The molecule has 1 unspecified atom stereocenters. The van der Waals surface area contributed by atoms with Crippen LogP contribution in [0.5, 0.6) is 0 Å². The Morgan fingerprint density at radius 3 is 2.07 bits per heavy atom. The fourth-order valence-electron chi connectivity index (χ4n) is 2.72. The van der Waals surface area contributed by atoms with Crippen LogP contribution in [-0.2, 0) is 15.1 Å². The summed E-state index contributed by atoms with van der Waals surface area (Å²) in [7, 11) is 1.48. The molecular weight excluding hydrogens is 472 g/mol. The van der Waals surface area contributed by atoms with Gasteiger partial charge in [-0.3, -0.25) is 4.79 Å². The molecule has 0 saturated carbocycles. The largest absolute Gasteiger partial charge is 0.444 e. The van der Waals surface area contributed by atoms with Crippen molar-refractivity contribution in [1.82, 2.24) is 10.2 Å². The van der Waals surface area contributed by atoms with Gasteiger partial charge in [-0.1, -0.05) is 51.8 Å². The van der Waals surface area contributed by atoms with E-state index in [0.29, 0.717) is 16.1 Å². The van der Waals surface area contributed by atoms with Crippen LogP contribution in [0, 0.1) is 0 Å². The summed E-state index contributed by atoms with van der Waals surface area (Å²) in [6, 6.07) is 14.0. The van der Waals surface area contributed by atoms with Crippen molar-refractivity contribution in [1.29, 1.82) is 0 Å². The summed E-state index contributed by atoms with van der Waals surface area (Å²) in [6.07, 6.45) is -0.599. The zero-order valence-corrected chi connectivity index (χ0v) is 19.8. The molecule has 2 amide bonds. The molecule has 2 aromatic carbocycles. The molecule has 0 fully saturated rings. The van der Waals surface area contributed by atoms with Crippen LogP contribution in [0.1, 0.15) is 31.9 Å². The topological polar surface area (TPSA) is 78.9 Å². The number of halogens is 2. The Kier molecular flexibility index (Phi) is 7.91. The number of benzene rings is 2. The number of hydrogen-bond acceptors (Lipinski definition) is 4. The van der Waals surface area contributed by atoms with Gasteiger partial charge in [-0.25, -0.2) is 4.79 Å². The number of amides is 2. The molecule has 1 atom stereocenters. The molecule has 162 valence electrons. The summed E-state index contributed by atoms with van der Waals surface area (Å²) in [5.74, 6) is -0.423. The minimum absolute atomic E-state index is 0.0861. The van der Waals surface area contributed by atoms with Gasteiger partial charge in [0.15, 0.2) is 0 Å². The van der Waals surface area contributed by atoms with Crippen molar-refractivity contribution in [2.45, 2.75) is 32.0 Å². The van der Waals surface area contributed by atoms with Gasteiger partial charge in [0, 0.05) is 16.5 Å². The summed E-state index contributed by atoms with van der Waals surface area (Å²) < 4.78 is 6.12. The third kappa shape index (κ3) is 6.72. The van der Waals surface area contributed by atoms with Crippen molar-refractivity contribution in [2.75, 3.05) is 20.1 Å². The number of carbonyl (C=O) groups is 2. The lowest BCUT2D eigenvalue weighted by atomic mass is 9.86. The monoisotopic (exact) mass is 496 g/mol. The minimum Gasteiger partial charge on any atom is -0.444 e. The number of nitrogens with one attached hydrogen (secondary N) is 1. The average Bonchev–Trinajstić information content (AvgIpc) is 2.66. The van der Waals surface area contributed by atoms with Gasteiger partial charge in [-0.2, -0.15) is 0 Å². The first-order chi connectivity index (χ1) is 13.9. The molecule has 2 aromatic rings. The fraction of sp³-hybridized carbons (Fsp3) is 0.364. The van der Waals surface area contributed by atoms with E-state index in [1.807, 2.05) is 12.1 Å². The molecule has 0 aliphatic rings. The molecule has 0 radical (unpaired) electrons. The Bertz CT molecular complexity index is 834. The average molecular weight is 498 g/mol. The Morgan fingerprint density at radius 1 is 1.07 bits per heavy atom. The van der Waals surface area contributed by atoms with Crippen LogP contribution in [0.25, 0.3) is 0 Å². The van der Waals surface area contributed by atoms with E-state index >= 15 is 0 Å². The first-order valence-electron chi connectivity index (χ1n) is 9.36. The Hall–Kier alpha value is -2.09. The van der Waals surface area contributed by atoms with Crippen molar-refractivity contribution in [3.05, 3.63) is 69.2 Å². The van der Waals surface area contributed by atoms with Gasteiger partial charge in [0.25, 0.3) is 0 Å². The molecule has 30 heavy (non-hydrogen) atoms. The van der Waals surface area contributed by atoms with Crippen molar-refractivity contribution in [2.24, 2.45) is 0 Å². The molecule has 0 aromatic heterocycles. The van der Waals surface area contributed by atoms with E-state index in [-0.39, 0.29) is 13.1 Å². The molecule has 0 heterocycles. The summed E-state index contributed by atoms with van der Waals surface area (Å²) >= 11 is 9.37. The summed E-state index contributed by atoms with van der Waals surface area (Å²) in [4.78, 5) is 25.7. The third-order valence-electron chi connectivity index (χ3n) is 4.27. The first-order valence-corrected chi connectivity index (χ1v) is 10.5. The molecule has 0 aliphatic carbocycles. The van der Waals surface area contributed by atoms with Crippen LogP contribution in [0.4, 0.5) is 4.79 Å². The van der Waals surface area contributed by atoms with Gasteiger partial charge in [0.2, 0.25) is 5.91 Å². The van der Waals surface area contributed by atoms with E-state index in [4.69, 9.17) is 16.3 Å². The predicted molar refractivity (Wildman–Crippen MR) is 120 cm³/mol. The smallest absolute Gasteiger partial charge is 0.410 e. The van der Waals surface area contributed by atoms with Crippen LogP contribution >= 0.6 is 27.5 Å². The second-order valence-corrected chi connectivity index (χ2v) is 9.34. The van der Waals surface area contributed by atoms with Crippen LogP contribution in [0.2, 0.25) is 5.02 Å². The second kappa shape index (κ2) is 9.81. The van der Waals surface area contributed by atoms with E-state index in [9.17, 15) is 14.7 Å². The highest BCUT2D eigenvalue weighted by molar-refractivity contribution is 9.10. The fourth-order valence-corrected chi connectivity index (χ4v) is 3.11. The van der Waals surface area contributed by atoms with Gasteiger partial charge in [0.05, 0.1) is 6.54 Å². The molecule has 0 bridgehead atoms. The van der Waals surface area contributed by atoms with Crippen LogP contribution < -0.4 is 5.32 Å². The lowest BCUT2D eigenvalue weighted by Crippen LogP contribution is -2.46. The van der Waals surface area contributed by atoms with Crippen molar-refractivity contribution < 1.29 is 19.4 Å². The minimum atomic E-state index is -1.48. The molecule has 8 heteroatoms. The molecule has 0 aliphatic heterocycles. The number of carbonyl (C=O) groups excluding carboxylic acids is 2. The molecule has 2 N–H and O–H groups in total. The van der Waals surface area contributed by atoms with E-state index in [1.165, 1.54) is 11.9 Å².